The molecule has 2 amide bonds. The molecule has 1 fully saturated rings. The molecule has 0 radical (unpaired) electrons. The molecule has 0 unspecified atom stereocenters. The van der Waals surface area contributed by atoms with Crippen molar-refractivity contribution in [3.05, 3.63) is 28.8 Å². The molecule has 2 aliphatic rings. The Labute approximate surface area is 108 Å². The van der Waals surface area contributed by atoms with E-state index in [9.17, 15) is 9.59 Å². The second kappa shape index (κ2) is 3.88. The van der Waals surface area contributed by atoms with E-state index in [4.69, 9.17) is 11.6 Å². The lowest BCUT2D eigenvalue weighted by Crippen LogP contribution is -2.32. The molecule has 6 heteroatoms. The number of halogens is 1. The third-order valence-corrected chi connectivity index (χ3v) is 3.51. The van der Waals surface area contributed by atoms with Crippen LogP contribution in [0.1, 0.15) is 5.56 Å². The summed E-state index contributed by atoms with van der Waals surface area (Å²) in [6.07, 6.45) is 0. The molecule has 2 atom stereocenters. The number of rotatable bonds is 1. The smallest absolute Gasteiger partial charge is 0.261 e. The summed E-state index contributed by atoms with van der Waals surface area (Å²) in [4.78, 5) is 25.5. The van der Waals surface area contributed by atoms with Crippen LogP contribution in [-0.2, 0) is 9.59 Å². The number of aryl methyl sites for hydroxylation is 1. The number of carbonyl (C=O) groups excluding carboxylic acids is 2. The molecule has 1 aromatic rings. The first-order chi connectivity index (χ1) is 8.59. The van der Waals surface area contributed by atoms with Gasteiger partial charge >= 0.3 is 0 Å². The van der Waals surface area contributed by atoms with Crippen LogP contribution >= 0.6 is 11.6 Å². The number of azo groups is 1. The minimum Gasteiger partial charge on any atom is -0.274 e. The fraction of sp³-hybridized carbons (Fsp3) is 0.333. The lowest BCUT2D eigenvalue weighted by atomic mass is 10.1. The largest absolute Gasteiger partial charge is 0.274 e. The van der Waals surface area contributed by atoms with Gasteiger partial charge in [0.2, 0.25) is 5.91 Å². The highest BCUT2D eigenvalue weighted by atomic mass is 35.5. The number of carbonyl (C=O) groups is 2. The summed E-state index contributed by atoms with van der Waals surface area (Å²) >= 11 is 5.87. The van der Waals surface area contributed by atoms with Crippen LogP contribution in [0.3, 0.4) is 0 Å². The summed E-state index contributed by atoms with van der Waals surface area (Å²) < 4.78 is 0. The van der Waals surface area contributed by atoms with E-state index in [0.717, 1.165) is 5.56 Å². The molecule has 5 nitrogen and oxygen atoms in total. The summed E-state index contributed by atoms with van der Waals surface area (Å²) in [5, 5.41) is 8.19. The summed E-state index contributed by atoms with van der Waals surface area (Å²) in [6.45, 7) is 2.12. The highest BCUT2D eigenvalue weighted by Gasteiger charge is 2.51. The van der Waals surface area contributed by atoms with E-state index in [0.29, 0.717) is 17.3 Å². The van der Waals surface area contributed by atoms with Gasteiger partial charge in [0, 0.05) is 5.02 Å². The Hall–Kier alpha value is -1.75. The minimum absolute atomic E-state index is 0.222. The van der Waals surface area contributed by atoms with Gasteiger partial charge in [-0.1, -0.05) is 11.6 Å². The van der Waals surface area contributed by atoms with Gasteiger partial charge in [0.15, 0.2) is 6.04 Å². The zero-order chi connectivity index (χ0) is 12.9. The maximum Gasteiger partial charge on any atom is 0.261 e. The van der Waals surface area contributed by atoms with E-state index < -0.39 is 12.0 Å². The second-order valence-corrected chi connectivity index (χ2v) is 4.87. The van der Waals surface area contributed by atoms with E-state index >= 15 is 0 Å². The number of hydrogen-bond acceptors (Lipinski definition) is 4. The Morgan fingerprint density at radius 3 is 2.78 bits per heavy atom. The molecule has 1 saturated heterocycles. The van der Waals surface area contributed by atoms with E-state index in [2.05, 4.69) is 10.2 Å². The van der Waals surface area contributed by atoms with Gasteiger partial charge in [-0.05, 0) is 30.7 Å². The van der Waals surface area contributed by atoms with Gasteiger partial charge < -0.3 is 0 Å². The van der Waals surface area contributed by atoms with Crippen molar-refractivity contribution >= 4 is 29.1 Å². The molecule has 0 N–H and O–H groups in total. The Morgan fingerprint density at radius 1 is 1.33 bits per heavy atom. The van der Waals surface area contributed by atoms with Crippen LogP contribution in [0.5, 0.6) is 0 Å². The molecule has 2 heterocycles. The second-order valence-electron chi connectivity index (χ2n) is 4.43. The van der Waals surface area contributed by atoms with Gasteiger partial charge in [0.25, 0.3) is 5.91 Å². The fourth-order valence-corrected chi connectivity index (χ4v) is 2.58. The van der Waals surface area contributed by atoms with Gasteiger partial charge in [-0.3, -0.25) is 9.59 Å². The van der Waals surface area contributed by atoms with Crippen molar-refractivity contribution < 1.29 is 9.59 Å². The predicted octanol–water partition coefficient (Wildman–Crippen LogP) is 1.97. The number of amides is 2. The Bertz CT molecular complexity index is 585. The van der Waals surface area contributed by atoms with Crippen molar-refractivity contribution in [2.75, 3.05) is 11.4 Å². The van der Waals surface area contributed by atoms with Crippen LogP contribution < -0.4 is 4.90 Å². The first kappa shape index (κ1) is 11.3. The topological polar surface area (TPSA) is 62.1 Å². The molecule has 92 valence electrons. The number of hydrogen-bond donors (Lipinski definition) is 0. The quantitative estimate of drug-likeness (QED) is 0.727. The van der Waals surface area contributed by atoms with Crippen LogP contribution in [0.4, 0.5) is 5.69 Å². The number of nitrogens with zero attached hydrogens (tertiary/aromatic N) is 3. The van der Waals surface area contributed by atoms with Gasteiger partial charge in [-0.25, -0.2) is 4.90 Å². The van der Waals surface area contributed by atoms with Gasteiger partial charge in [0.05, 0.1) is 18.2 Å². The monoisotopic (exact) mass is 263 g/mol. The third-order valence-electron chi connectivity index (χ3n) is 3.28. The van der Waals surface area contributed by atoms with Crippen molar-refractivity contribution in [2.24, 2.45) is 16.1 Å². The molecule has 1 aromatic carbocycles. The fourth-order valence-electron chi connectivity index (χ4n) is 2.35. The first-order valence-electron chi connectivity index (χ1n) is 5.60. The predicted molar refractivity (Wildman–Crippen MR) is 65.7 cm³/mol. The molecule has 3 rings (SSSR count). The number of fused-ring (bicyclic) bond motifs is 1. The van der Waals surface area contributed by atoms with E-state index in [1.54, 1.807) is 18.2 Å². The molecule has 0 aliphatic carbocycles. The third kappa shape index (κ3) is 1.47. The molecule has 0 bridgehead atoms. The summed E-state index contributed by atoms with van der Waals surface area (Å²) in [5.74, 6) is -0.940. The summed E-state index contributed by atoms with van der Waals surface area (Å²) in [6, 6.07) is 4.45. The lowest BCUT2D eigenvalue weighted by Gasteiger charge is -2.17. The molecular weight excluding hydrogens is 254 g/mol. The number of imide groups is 1. The molecule has 18 heavy (non-hydrogen) atoms. The van der Waals surface area contributed by atoms with Crippen molar-refractivity contribution in [3.8, 4) is 0 Å². The van der Waals surface area contributed by atoms with Crippen LogP contribution in [-0.4, -0.2) is 24.4 Å². The van der Waals surface area contributed by atoms with E-state index in [1.165, 1.54) is 4.90 Å². The summed E-state index contributed by atoms with van der Waals surface area (Å²) in [7, 11) is 0. The lowest BCUT2D eigenvalue weighted by molar-refractivity contribution is -0.122. The maximum atomic E-state index is 12.2. The number of anilines is 1. The Balaban J connectivity index is 2.04. The highest BCUT2D eigenvalue weighted by molar-refractivity contribution is 6.31. The van der Waals surface area contributed by atoms with Crippen molar-refractivity contribution in [3.63, 3.8) is 0 Å². The molecule has 0 saturated carbocycles. The van der Waals surface area contributed by atoms with E-state index in [1.807, 2.05) is 6.92 Å². The van der Waals surface area contributed by atoms with E-state index in [-0.39, 0.29) is 11.8 Å². The van der Waals surface area contributed by atoms with Crippen LogP contribution in [0.2, 0.25) is 5.02 Å². The van der Waals surface area contributed by atoms with Crippen molar-refractivity contribution in [1.29, 1.82) is 0 Å². The van der Waals surface area contributed by atoms with Crippen molar-refractivity contribution in [1.82, 2.24) is 0 Å². The van der Waals surface area contributed by atoms with Crippen LogP contribution in [0.25, 0.3) is 0 Å². The molecule has 0 aromatic heterocycles. The van der Waals surface area contributed by atoms with Gasteiger partial charge in [0.1, 0.15) is 0 Å². The minimum atomic E-state index is -0.632. The molecule has 2 aliphatic heterocycles. The average molecular weight is 264 g/mol. The zero-order valence-corrected chi connectivity index (χ0v) is 10.4. The molecule has 0 spiro atoms. The Kier molecular flexibility index (Phi) is 2.45. The van der Waals surface area contributed by atoms with Crippen LogP contribution in [0.15, 0.2) is 28.4 Å². The summed E-state index contributed by atoms with van der Waals surface area (Å²) in [5.41, 5.74) is 1.38. The Morgan fingerprint density at radius 2 is 2.11 bits per heavy atom. The molecular formula is C12H10ClN3O2. The highest BCUT2D eigenvalue weighted by Crippen LogP contribution is 2.34. The van der Waals surface area contributed by atoms with Crippen molar-refractivity contribution in [2.45, 2.75) is 13.0 Å². The van der Waals surface area contributed by atoms with Gasteiger partial charge in [-0.2, -0.15) is 10.2 Å². The normalized spacial score (nSPS) is 26.0. The number of benzene rings is 1. The standard InChI is InChI=1S/C12H10ClN3O2/c1-6-4-7(13)2-3-9(6)16-11(17)8-5-14-15-10(8)12(16)18/h2-4,8,10H,5H2,1H3/t8-,10-/m1/s1. The van der Waals surface area contributed by atoms with Crippen LogP contribution in [0, 0.1) is 12.8 Å². The van der Waals surface area contributed by atoms with Gasteiger partial charge in [-0.15, -0.1) is 0 Å². The SMILES string of the molecule is Cc1cc(Cl)ccc1N1C(=O)[C@@H]2CN=N[C@H]2C1=O. The average Bonchev–Trinajstić information content (AvgIpc) is 2.87. The maximum absolute atomic E-state index is 12.2. The zero-order valence-electron chi connectivity index (χ0n) is 9.63. The first-order valence-corrected chi connectivity index (χ1v) is 5.98.